The largest absolute Gasteiger partial charge is 0.352 e. The number of halogens is 1. The van der Waals surface area contributed by atoms with Gasteiger partial charge >= 0.3 is 0 Å². The number of hydrogen-bond acceptors (Lipinski definition) is 3. The molecule has 0 saturated heterocycles. The van der Waals surface area contributed by atoms with Crippen LogP contribution in [0.15, 0.2) is 24.3 Å². The molecule has 0 aliphatic rings. The molecule has 7 heteroatoms. The summed E-state index contributed by atoms with van der Waals surface area (Å²) in [4.78, 5) is 36.3. The van der Waals surface area contributed by atoms with Gasteiger partial charge in [0.1, 0.15) is 6.04 Å². The highest BCUT2D eigenvalue weighted by Crippen LogP contribution is 2.11. The molecule has 0 spiro atoms. The first-order valence-electron chi connectivity index (χ1n) is 8.32. The summed E-state index contributed by atoms with van der Waals surface area (Å²) in [5.74, 6) is -0.805. The van der Waals surface area contributed by atoms with Gasteiger partial charge in [-0.2, -0.15) is 0 Å². The fraction of sp³-hybridized carbons (Fsp3) is 0.500. The maximum Gasteiger partial charge on any atom is 0.251 e. The van der Waals surface area contributed by atoms with Gasteiger partial charge in [-0.05, 0) is 50.5 Å². The third-order valence-corrected chi connectivity index (χ3v) is 3.56. The van der Waals surface area contributed by atoms with Gasteiger partial charge in [0.05, 0.1) is 6.54 Å². The molecular formula is C18H26ClN3O3. The van der Waals surface area contributed by atoms with Crippen LogP contribution in [0.5, 0.6) is 0 Å². The minimum atomic E-state index is -0.713. The molecule has 0 unspecified atom stereocenters. The van der Waals surface area contributed by atoms with Crippen molar-refractivity contribution in [2.45, 2.75) is 46.2 Å². The zero-order chi connectivity index (χ0) is 19.0. The fourth-order valence-corrected chi connectivity index (χ4v) is 2.34. The van der Waals surface area contributed by atoms with E-state index in [1.807, 2.05) is 27.7 Å². The minimum absolute atomic E-state index is 0.000436. The summed E-state index contributed by atoms with van der Waals surface area (Å²) in [6, 6.07) is 5.71. The lowest BCUT2D eigenvalue weighted by molar-refractivity contribution is -0.127. The molecule has 0 bridgehead atoms. The van der Waals surface area contributed by atoms with Crippen LogP contribution in [0.3, 0.4) is 0 Å². The predicted octanol–water partition coefficient (Wildman–Crippen LogP) is 2.13. The molecule has 0 heterocycles. The van der Waals surface area contributed by atoms with E-state index in [-0.39, 0.29) is 36.2 Å². The Morgan fingerprint density at radius 1 is 1.00 bits per heavy atom. The van der Waals surface area contributed by atoms with E-state index in [1.165, 1.54) is 0 Å². The van der Waals surface area contributed by atoms with Gasteiger partial charge in [-0.3, -0.25) is 14.4 Å². The van der Waals surface area contributed by atoms with Crippen LogP contribution < -0.4 is 16.0 Å². The van der Waals surface area contributed by atoms with E-state index in [9.17, 15) is 14.4 Å². The van der Waals surface area contributed by atoms with Crippen LogP contribution in [0.25, 0.3) is 0 Å². The maximum atomic E-state index is 12.4. The third-order valence-electron chi connectivity index (χ3n) is 3.31. The fourth-order valence-electron chi connectivity index (χ4n) is 2.21. The van der Waals surface area contributed by atoms with E-state index in [2.05, 4.69) is 16.0 Å². The summed E-state index contributed by atoms with van der Waals surface area (Å²) in [7, 11) is 0. The number of rotatable bonds is 8. The van der Waals surface area contributed by atoms with Gasteiger partial charge < -0.3 is 16.0 Å². The van der Waals surface area contributed by atoms with Gasteiger partial charge in [-0.1, -0.05) is 25.4 Å². The molecule has 3 amide bonds. The van der Waals surface area contributed by atoms with Crippen LogP contribution in [0.4, 0.5) is 0 Å². The molecule has 1 rings (SSSR count). The smallest absolute Gasteiger partial charge is 0.251 e. The molecule has 1 aromatic rings. The second-order valence-corrected chi connectivity index (χ2v) is 7.04. The maximum absolute atomic E-state index is 12.4. The second kappa shape index (κ2) is 10.0. The predicted molar refractivity (Wildman–Crippen MR) is 98.4 cm³/mol. The number of nitrogens with one attached hydrogen (secondary N) is 3. The van der Waals surface area contributed by atoms with Crippen molar-refractivity contribution in [1.82, 2.24) is 16.0 Å². The quantitative estimate of drug-likeness (QED) is 0.657. The normalized spacial score (nSPS) is 12.0. The van der Waals surface area contributed by atoms with E-state index in [1.54, 1.807) is 24.3 Å². The highest BCUT2D eigenvalue weighted by molar-refractivity contribution is 6.30. The van der Waals surface area contributed by atoms with E-state index in [0.717, 1.165) is 0 Å². The third kappa shape index (κ3) is 8.03. The number of carbonyl (C=O) groups excluding carboxylic acids is 3. The van der Waals surface area contributed by atoms with Gasteiger partial charge in [0.15, 0.2) is 0 Å². The Balaban J connectivity index is 2.69. The standard InChI is InChI=1S/C18H26ClN3O3/c1-11(2)9-15(18(25)20-10-16(23)21-12(3)4)22-17(24)13-5-7-14(19)8-6-13/h5-8,11-12,15H,9-10H2,1-4H3,(H,20,25)(H,21,23)(H,22,24)/t15-/m1/s1. The first-order chi connectivity index (χ1) is 11.7. The SMILES string of the molecule is CC(C)C[C@@H](NC(=O)c1ccc(Cl)cc1)C(=O)NCC(=O)NC(C)C. The first-order valence-corrected chi connectivity index (χ1v) is 8.70. The molecule has 1 aromatic carbocycles. The number of amides is 3. The molecule has 0 aliphatic heterocycles. The molecule has 25 heavy (non-hydrogen) atoms. The van der Waals surface area contributed by atoms with Crippen LogP contribution >= 0.6 is 11.6 Å². The van der Waals surface area contributed by atoms with Crippen LogP contribution in [-0.2, 0) is 9.59 Å². The van der Waals surface area contributed by atoms with Crippen molar-refractivity contribution in [3.05, 3.63) is 34.9 Å². The Hall–Kier alpha value is -2.08. The molecule has 138 valence electrons. The van der Waals surface area contributed by atoms with Crippen molar-refractivity contribution >= 4 is 29.3 Å². The van der Waals surface area contributed by atoms with Gasteiger partial charge in [-0.25, -0.2) is 0 Å². The number of hydrogen-bond donors (Lipinski definition) is 3. The van der Waals surface area contributed by atoms with Gasteiger partial charge in [0.25, 0.3) is 5.91 Å². The zero-order valence-corrected chi connectivity index (χ0v) is 15.8. The lowest BCUT2D eigenvalue weighted by Gasteiger charge is -2.20. The molecule has 1 atom stereocenters. The van der Waals surface area contributed by atoms with Crippen molar-refractivity contribution in [3.63, 3.8) is 0 Å². The summed E-state index contributed by atoms with van der Waals surface area (Å²) in [5.41, 5.74) is 0.420. The van der Waals surface area contributed by atoms with E-state index >= 15 is 0 Å². The highest BCUT2D eigenvalue weighted by Gasteiger charge is 2.23. The van der Waals surface area contributed by atoms with Crippen molar-refractivity contribution in [3.8, 4) is 0 Å². The lowest BCUT2D eigenvalue weighted by atomic mass is 10.0. The van der Waals surface area contributed by atoms with E-state index < -0.39 is 6.04 Å². The average Bonchev–Trinajstić information content (AvgIpc) is 2.51. The zero-order valence-electron chi connectivity index (χ0n) is 15.1. The van der Waals surface area contributed by atoms with Crippen molar-refractivity contribution in [2.75, 3.05) is 6.54 Å². The summed E-state index contributed by atoms with van der Waals surface area (Å²) < 4.78 is 0. The van der Waals surface area contributed by atoms with Crippen LogP contribution in [0, 0.1) is 5.92 Å². The molecule has 6 nitrogen and oxygen atoms in total. The Morgan fingerprint density at radius 3 is 2.12 bits per heavy atom. The Labute approximate surface area is 153 Å². The van der Waals surface area contributed by atoms with Crippen LogP contribution in [-0.4, -0.2) is 36.3 Å². The number of carbonyl (C=O) groups is 3. The Bertz CT molecular complexity index is 600. The Kier molecular flexibility index (Phi) is 8.41. The van der Waals surface area contributed by atoms with Gasteiger partial charge in [-0.15, -0.1) is 0 Å². The van der Waals surface area contributed by atoms with Crippen molar-refractivity contribution in [1.29, 1.82) is 0 Å². The summed E-state index contributed by atoms with van der Waals surface area (Å²) in [5, 5.41) is 8.52. The molecule has 0 fully saturated rings. The molecule has 0 aromatic heterocycles. The summed E-state index contributed by atoms with van der Waals surface area (Å²) in [6.45, 7) is 7.48. The van der Waals surface area contributed by atoms with E-state index in [0.29, 0.717) is 17.0 Å². The van der Waals surface area contributed by atoms with Gasteiger partial charge in [0, 0.05) is 16.6 Å². The first kappa shape index (κ1) is 21.0. The van der Waals surface area contributed by atoms with Crippen molar-refractivity contribution < 1.29 is 14.4 Å². The van der Waals surface area contributed by atoms with Gasteiger partial charge in [0.2, 0.25) is 11.8 Å². The summed E-state index contributed by atoms with van der Waals surface area (Å²) in [6.07, 6.45) is 0.469. The molecule has 3 N–H and O–H groups in total. The van der Waals surface area contributed by atoms with Crippen LogP contribution in [0.1, 0.15) is 44.5 Å². The summed E-state index contributed by atoms with van der Waals surface area (Å²) >= 11 is 5.81. The molecular weight excluding hydrogens is 342 g/mol. The lowest BCUT2D eigenvalue weighted by Crippen LogP contribution is -2.50. The van der Waals surface area contributed by atoms with E-state index in [4.69, 9.17) is 11.6 Å². The molecule has 0 radical (unpaired) electrons. The molecule has 0 aliphatic carbocycles. The Morgan fingerprint density at radius 2 is 1.60 bits per heavy atom. The monoisotopic (exact) mass is 367 g/mol. The highest BCUT2D eigenvalue weighted by atomic mass is 35.5. The second-order valence-electron chi connectivity index (χ2n) is 6.60. The van der Waals surface area contributed by atoms with Crippen LogP contribution in [0.2, 0.25) is 5.02 Å². The minimum Gasteiger partial charge on any atom is -0.352 e. The topological polar surface area (TPSA) is 87.3 Å². The number of benzene rings is 1. The van der Waals surface area contributed by atoms with Crippen molar-refractivity contribution in [2.24, 2.45) is 5.92 Å². The average molecular weight is 368 g/mol. The molecule has 0 saturated carbocycles.